The first-order chi connectivity index (χ1) is 13.5. The normalized spacial score (nSPS) is 12.8. The van der Waals surface area contributed by atoms with Crippen molar-refractivity contribution in [2.24, 2.45) is 4.99 Å². The van der Waals surface area contributed by atoms with Crippen molar-refractivity contribution < 1.29 is 8.42 Å². The molecule has 0 radical (unpaired) electrons. The molecule has 1 rings (SSSR count). The van der Waals surface area contributed by atoms with Crippen LogP contribution in [0.1, 0.15) is 47.1 Å². The zero-order chi connectivity index (χ0) is 22.2. The number of sulfonamides is 1. The molecule has 1 aromatic rings. The lowest BCUT2D eigenvalue weighted by Crippen LogP contribution is -2.45. The Morgan fingerprint density at radius 2 is 1.50 bits per heavy atom. The summed E-state index contributed by atoms with van der Waals surface area (Å²) in [7, 11) is -0.106. The van der Waals surface area contributed by atoms with Gasteiger partial charge < -0.3 is 10.6 Å². The number of rotatable bonds is 10. The Labute approximate surface area is 200 Å². The van der Waals surface area contributed by atoms with Gasteiger partial charge in [-0.15, -0.1) is 24.0 Å². The van der Waals surface area contributed by atoms with Crippen LogP contribution in [-0.4, -0.2) is 68.9 Å². The molecular weight excluding hydrogens is 513 g/mol. The summed E-state index contributed by atoms with van der Waals surface area (Å²) in [6, 6.07) is 7.89. The van der Waals surface area contributed by atoms with Crippen molar-refractivity contribution in [3.63, 3.8) is 0 Å². The topological polar surface area (TPSA) is 77.0 Å². The molecular formula is C21H40IN5O2S. The van der Waals surface area contributed by atoms with Crippen LogP contribution in [-0.2, 0) is 16.6 Å². The van der Waals surface area contributed by atoms with E-state index in [9.17, 15) is 8.42 Å². The van der Waals surface area contributed by atoms with Gasteiger partial charge in [0.1, 0.15) is 0 Å². The van der Waals surface area contributed by atoms with Crippen molar-refractivity contribution in [1.29, 1.82) is 0 Å². The van der Waals surface area contributed by atoms with Crippen LogP contribution < -0.4 is 10.6 Å². The SMILES string of the molecule is CN=C(NCCN(C(C)C)C(C)C)NCc1ccc(S(=O)(=O)N(C)C(C)C)cc1.I. The lowest BCUT2D eigenvalue weighted by atomic mass is 10.2. The number of guanidine groups is 1. The molecule has 0 aliphatic rings. The Hall–Kier alpha value is -0.910. The smallest absolute Gasteiger partial charge is 0.243 e. The molecule has 0 amide bonds. The van der Waals surface area contributed by atoms with Crippen LogP contribution >= 0.6 is 24.0 Å². The van der Waals surface area contributed by atoms with Gasteiger partial charge >= 0.3 is 0 Å². The summed E-state index contributed by atoms with van der Waals surface area (Å²) >= 11 is 0. The molecule has 174 valence electrons. The summed E-state index contributed by atoms with van der Waals surface area (Å²) in [5, 5.41) is 6.62. The third-order valence-corrected chi connectivity index (χ3v) is 7.05. The maximum absolute atomic E-state index is 12.5. The Balaban J connectivity index is 0.00000841. The Kier molecular flexibility index (Phi) is 13.1. The molecule has 0 bridgehead atoms. The van der Waals surface area contributed by atoms with E-state index in [1.807, 2.05) is 26.0 Å². The lowest BCUT2D eigenvalue weighted by molar-refractivity contribution is 0.178. The second-order valence-corrected chi connectivity index (χ2v) is 10.0. The van der Waals surface area contributed by atoms with E-state index in [0.717, 1.165) is 24.6 Å². The predicted octanol–water partition coefficient (Wildman–Crippen LogP) is 3.12. The molecule has 0 saturated carbocycles. The predicted molar refractivity (Wildman–Crippen MR) is 137 cm³/mol. The van der Waals surface area contributed by atoms with Gasteiger partial charge in [0.2, 0.25) is 10.0 Å². The van der Waals surface area contributed by atoms with E-state index in [1.54, 1.807) is 26.2 Å². The number of nitrogens with zero attached hydrogens (tertiary/aromatic N) is 3. The maximum atomic E-state index is 12.5. The second-order valence-electron chi connectivity index (χ2n) is 8.04. The zero-order valence-corrected chi connectivity index (χ0v) is 22.8. The van der Waals surface area contributed by atoms with E-state index in [4.69, 9.17) is 0 Å². The average molecular weight is 554 g/mol. The van der Waals surface area contributed by atoms with E-state index < -0.39 is 10.0 Å². The van der Waals surface area contributed by atoms with Gasteiger partial charge in [-0.2, -0.15) is 4.31 Å². The quantitative estimate of drug-likeness (QED) is 0.265. The number of halogens is 1. The van der Waals surface area contributed by atoms with Gasteiger partial charge in [-0.3, -0.25) is 9.89 Å². The Morgan fingerprint density at radius 1 is 0.967 bits per heavy atom. The van der Waals surface area contributed by atoms with E-state index in [0.29, 0.717) is 23.5 Å². The fraction of sp³-hybridized carbons (Fsp3) is 0.667. The minimum atomic E-state index is -3.45. The molecule has 1 aromatic carbocycles. The fourth-order valence-corrected chi connectivity index (χ4v) is 4.41. The molecule has 0 atom stereocenters. The summed E-state index contributed by atoms with van der Waals surface area (Å²) in [6.45, 7) is 14.8. The fourth-order valence-electron chi connectivity index (χ4n) is 3.05. The molecule has 0 unspecified atom stereocenters. The molecule has 0 heterocycles. The lowest BCUT2D eigenvalue weighted by Gasteiger charge is -2.30. The summed E-state index contributed by atoms with van der Waals surface area (Å²) in [5.41, 5.74) is 0.991. The highest BCUT2D eigenvalue weighted by Gasteiger charge is 2.22. The van der Waals surface area contributed by atoms with Crippen molar-refractivity contribution in [1.82, 2.24) is 19.8 Å². The largest absolute Gasteiger partial charge is 0.355 e. The second kappa shape index (κ2) is 13.5. The van der Waals surface area contributed by atoms with Crippen molar-refractivity contribution in [2.45, 2.75) is 71.1 Å². The van der Waals surface area contributed by atoms with Crippen LogP contribution in [0.15, 0.2) is 34.2 Å². The summed E-state index contributed by atoms with van der Waals surface area (Å²) in [5.74, 6) is 0.730. The summed E-state index contributed by atoms with van der Waals surface area (Å²) in [6.07, 6.45) is 0. The molecule has 0 fully saturated rings. The van der Waals surface area contributed by atoms with Crippen molar-refractivity contribution in [3.05, 3.63) is 29.8 Å². The highest BCUT2D eigenvalue weighted by Crippen LogP contribution is 2.17. The first kappa shape index (κ1) is 29.1. The monoisotopic (exact) mass is 553 g/mol. The summed E-state index contributed by atoms with van der Waals surface area (Å²) < 4.78 is 26.5. The molecule has 9 heteroatoms. The van der Waals surface area contributed by atoms with E-state index >= 15 is 0 Å². The first-order valence-electron chi connectivity index (χ1n) is 10.3. The van der Waals surface area contributed by atoms with E-state index in [2.05, 4.69) is 48.2 Å². The van der Waals surface area contributed by atoms with Crippen LogP contribution in [0.25, 0.3) is 0 Å². The van der Waals surface area contributed by atoms with Gasteiger partial charge in [0.05, 0.1) is 4.90 Å². The van der Waals surface area contributed by atoms with Crippen LogP contribution in [0.2, 0.25) is 0 Å². The number of benzene rings is 1. The number of nitrogens with one attached hydrogen (secondary N) is 2. The zero-order valence-electron chi connectivity index (χ0n) is 19.6. The number of aliphatic imine (C=N–C) groups is 1. The molecule has 2 N–H and O–H groups in total. The number of hydrogen-bond donors (Lipinski definition) is 2. The van der Waals surface area contributed by atoms with Gasteiger partial charge in [0, 0.05) is 51.9 Å². The van der Waals surface area contributed by atoms with E-state index in [-0.39, 0.29) is 30.0 Å². The van der Waals surface area contributed by atoms with Crippen molar-refractivity contribution in [3.8, 4) is 0 Å². The number of hydrogen-bond acceptors (Lipinski definition) is 4. The van der Waals surface area contributed by atoms with Crippen molar-refractivity contribution >= 4 is 40.0 Å². The maximum Gasteiger partial charge on any atom is 0.243 e. The Bertz CT molecular complexity index is 741. The third-order valence-electron chi connectivity index (χ3n) is 5.00. The summed E-state index contributed by atoms with van der Waals surface area (Å²) in [4.78, 5) is 6.99. The van der Waals surface area contributed by atoms with Gasteiger partial charge in [-0.1, -0.05) is 12.1 Å². The van der Waals surface area contributed by atoms with Crippen LogP contribution in [0.5, 0.6) is 0 Å². The Morgan fingerprint density at radius 3 is 1.93 bits per heavy atom. The van der Waals surface area contributed by atoms with Crippen LogP contribution in [0.3, 0.4) is 0 Å². The van der Waals surface area contributed by atoms with Gasteiger partial charge in [0.25, 0.3) is 0 Å². The first-order valence-corrected chi connectivity index (χ1v) is 11.7. The third kappa shape index (κ3) is 8.68. The van der Waals surface area contributed by atoms with Gasteiger partial charge in [-0.05, 0) is 59.2 Å². The van der Waals surface area contributed by atoms with Gasteiger partial charge in [-0.25, -0.2) is 8.42 Å². The molecule has 30 heavy (non-hydrogen) atoms. The van der Waals surface area contributed by atoms with Crippen molar-refractivity contribution in [2.75, 3.05) is 27.2 Å². The highest BCUT2D eigenvalue weighted by atomic mass is 127. The van der Waals surface area contributed by atoms with Crippen LogP contribution in [0.4, 0.5) is 0 Å². The highest BCUT2D eigenvalue weighted by molar-refractivity contribution is 14.0. The van der Waals surface area contributed by atoms with E-state index in [1.165, 1.54) is 4.31 Å². The minimum Gasteiger partial charge on any atom is -0.355 e. The molecule has 0 saturated heterocycles. The van der Waals surface area contributed by atoms with Gasteiger partial charge in [0.15, 0.2) is 5.96 Å². The minimum absolute atomic E-state index is 0. The molecule has 0 aromatic heterocycles. The average Bonchev–Trinajstić information content (AvgIpc) is 2.66. The molecule has 7 nitrogen and oxygen atoms in total. The molecule has 0 spiro atoms. The molecule has 0 aliphatic heterocycles. The standard InChI is InChI=1S/C21H39N5O2S.HI/c1-16(2)25(8)29(27,28)20-11-9-19(10-12-20)15-24-21(22-7)23-13-14-26(17(3)4)18(5)6;/h9-12,16-18H,13-15H2,1-8H3,(H2,22,23,24);1H. The van der Waals surface area contributed by atoms with Crippen LogP contribution in [0, 0.1) is 0 Å². The molecule has 0 aliphatic carbocycles.